The number of carboxylic acid groups (broad SMARTS) is 1. The van der Waals surface area contributed by atoms with Crippen molar-refractivity contribution in [2.75, 3.05) is 19.7 Å². The number of hydrogen-bond acceptors (Lipinski definition) is 3. The summed E-state index contributed by atoms with van der Waals surface area (Å²) < 4.78 is 4.96. The molecule has 5 nitrogen and oxygen atoms in total. The van der Waals surface area contributed by atoms with Gasteiger partial charge < -0.3 is 14.7 Å². The lowest BCUT2D eigenvalue weighted by Gasteiger charge is -2.17. The molecule has 94 valence electrons. The third-order valence-electron chi connectivity index (χ3n) is 3.76. The van der Waals surface area contributed by atoms with E-state index in [1.54, 1.807) is 4.90 Å². The maximum atomic E-state index is 11.6. The molecular formula is C12H17NO4. The Morgan fingerprint density at radius 2 is 2.18 bits per heavy atom. The Morgan fingerprint density at radius 3 is 2.82 bits per heavy atom. The predicted molar refractivity (Wildman–Crippen MR) is 60.5 cm³/mol. The zero-order chi connectivity index (χ0) is 12.4. The Balaban J connectivity index is 1.93. The first-order valence-corrected chi connectivity index (χ1v) is 5.89. The number of fused-ring (bicyclic) bond motifs is 1. The van der Waals surface area contributed by atoms with E-state index in [9.17, 15) is 9.59 Å². The minimum atomic E-state index is -0.737. The van der Waals surface area contributed by atoms with Crippen LogP contribution in [0, 0.1) is 17.8 Å². The van der Waals surface area contributed by atoms with Crippen LogP contribution in [0.15, 0.2) is 12.7 Å². The highest BCUT2D eigenvalue weighted by atomic mass is 16.6. The smallest absolute Gasteiger partial charge is 0.410 e. The van der Waals surface area contributed by atoms with Gasteiger partial charge in [-0.25, -0.2) is 4.79 Å². The summed E-state index contributed by atoms with van der Waals surface area (Å²) in [7, 11) is 0. The van der Waals surface area contributed by atoms with Gasteiger partial charge in [0.05, 0.1) is 5.92 Å². The number of carbonyl (C=O) groups is 2. The lowest BCUT2D eigenvalue weighted by molar-refractivity contribution is -0.143. The first kappa shape index (κ1) is 12.0. The first-order chi connectivity index (χ1) is 8.13. The summed E-state index contributed by atoms with van der Waals surface area (Å²) in [4.78, 5) is 24.3. The molecule has 1 saturated carbocycles. The topological polar surface area (TPSA) is 66.8 Å². The molecule has 0 aromatic heterocycles. The molecule has 17 heavy (non-hydrogen) atoms. The molecular weight excluding hydrogens is 222 g/mol. The number of carbonyl (C=O) groups excluding carboxylic acids is 1. The third kappa shape index (κ3) is 2.28. The summed E-state index contributed by atoms with van der Waals surface area (Å²) >= 11 is 0. The summed E-state index contributed by atoms with van der Waals surface area (Å²) in [6.45, 7) is 4.82. The fraction of sp³-hybridized carbons (Fsp3) is 0.667. The van der Waals surface area contributed by atoms with Gasteiger partial charge in [0.2, 0.25) is 0 Å². The molecule has 1 amide bonds. The number of nitrogens with zero attached hydrogens (tertiary/aromatic N) is 1. The van der Waals surface area contributed by atoms with Crippen LogP contribution in [0.5, 0.6) is 0 Å². The quantitative estimate of drug-likeness (QED) is 0.755. The standard InChI is InChI=1S/C12H17NO4/c1-2-5-17-12(16)13-6-8-3-4-9(11(14)15)10(8)7-13/h2,8-10H,1,3-7H2,(H,14,15). The fourth-order valence-corrected chi connectivity index (χ4v) is 2.94. The van der Waals surface area contributed by atoms with Crippen molar-refractivity contribution in [2.45, 2.75) is 12.8 Å². The number of rotatable bonds is 3. The highest BCUT2D eigenvalue weighted by molar-refractivity contribution is 5.72. The van der Waals surface area contributed by atoms with E-state index in [2.05, 4.69) is 6.58 Å². The Kier molecular flexibility index (Phi) is 3.36. The van der Waals surface area contributed by atoms with Crippen molar-refractivity contribution in [2.24, 2.45) is 17.8 Å². The van der Waals surface area contributed by atoms with E-state index in [0.717, 1.165) is 12.8 Å². The molecule has 2 aliphatic rings. The van der Waals surface area contributed by atoms with Gasteiger partial charge in [0.25, 0.3) is 0 Å². The summed E-state index contributed by atoms with van der Waals surface area (Å²) in [6.07, 6.45) is 2.80. The molecule has 1 saturated heterocycles. The minimum absolute atomic E-state index is 0.101. The zero-order valence-electron chi connectivity index (χ0n) is 9.67. The van der Waals surface area contributed by atoms with E-state index in [4.69, 9.17) is 9.84 Å². The molecule has 0 radical (unpaired) electrons. The molecule has 0 aromatic carbocycles. The van der Waals surface area contributed by atoms with Crippen LogP contribution in [-0.4, -0.2) is 41.8 Å². The molecule has 0 bridgehead atoms. The second-order valence-electron chi connectivity index (χ2n) is 4.72. The normalized spacial score (nSPS) is 31.1. The Labute approximate surface area is 100 Å². The van der Waals surface area contributed by atoms with Gasteiger partial charge in [-0.3, -0.25) is 4.79 Å². The molecule has 2 rings (SSSR count). The monoisotopic (exact) mass is 239 g/mol. The number of ether oxygens (including phenoxy) is 1. The van der Waals surface area contributed by atoms with Crippen molar-refractivity contribution in [1.82, 2.24) is 4.90 Å². The molecule has 2 fully saturated rings. The lowest BCUT2D eigenvalue weighted by atomic mass is 9.93. The van der Waals surface area contributed by atoms with Crippen molar-refractivity contribution in [1.29, 1.82) is 0 Å². The highest BCUT2D eigenvalue weighted by Gasteiger charge is 2.47. The van der Waals surface area contributed by atoms with Crippen LogP contribution in [0.1, 0.15) is 12.8 Å². The van der Waals surface area contributed by atoms with E-state index in [1.165, 1.54) is 6.08 Å². The van der Waals surface area contributed by atoms with E-state index in [1.807, 2.05) is 0 Å². The van der Waals surface area contributed by atoms with E-state index in [-0.39, 0.29) is 24.5 Å². The average Bonchev–Trinajstić information content (AvgIpc) is 2.83. The number of aliphatic carboxylic acids is 1. The number of amides is 1. The fourth-order valence-electron chi connectivity index (χ4n) is 2.94. The molecule has 3 atom stereocenters. The van der Waals surface area contributed by atoms with Gasteiger partial charge in [-0.05, 0) is 24.7 Å². The molecule has 5 heteroatoms. The summed E-state index contributed by atoms with van der Waals surface area (Å²) in [5.74, 6) is -0.604. The number of carboxylic acids is 1. The van der Waals surface area contributed by atoms with Crippen LogP contribution < -0.4 is 0 Å². The minimum Gasteiger partial charge on any atom is -0.481 e. The van der Waals surface area contributed by atoms with E-state index in [0.29, 0.717) is 19.0 Å². The van der Waals surface area contributed by atoms with Crippen LogP contribution in [-0.2, 0) is 9.53 Å². The largest absolute Gasteiger partial charge is 0.481 e. The predicted octanol–water partition coefficient (Wildman–Crippen LogP) is 1.35. The van der Waals surface area contributed by atoms with Crippen molar-refractivity contribution in [3.63, 3.8) is 0 Å². The van der Waals surface area contributed by atoms with Crippen LogP contribution in [0.25, 0.3) is 0 Å². The van der Waals surface area contributed by atoms with Crippen LogP contribution >= 0.6 is 0 Å². The molecule has 3 unspecified atom stereocenters. The second kappa shape index (κ2) is 4.77. The molecule has 1 aliphatic carbocycles. The third-order valence-corrected chi connectivity index (χ3v) is 3.76. The first-order valence-electron chi connectivity index (χ1n) is 5.89. The maximum Gasteiger partial charge on any atom is 0.410 e. The van der Waals surface area contributed by atoms with Crippen LogP contribution in [0.3, 0.4) is 0 Å². The summed E-state index contributed by atoms with van der Waals surface area (Å²) in [5.41, 5.74) is 0. The van der Waals surface area contributed by atoms with Gasteiger partial charge in [0.15, 0.2) is 0 Å². The van der Waals surface area contributed by atoms with Crippen molar-refractivity contribution < 1.29 is 19.4 Å². The van der Waals surface area contributed by atoms with Gasteiger partial charge in [-0.15, -0.1) is 0 Å². The maximum absolute atomic E-state index is 11.6. The number of hydrogen-bond donors (Lipinski definition) is 1. The van der Waals surface area contributed by atoms with Gasteiger partial charge in [-0.1, -0.05) is 12.7 Å². The summed E-state index contributed by atoms with van der Waals surface area (Å²) in [6, 6.07) is 0. The highest BCUT2D eigenvalue weighted by Crippen LogP contribution is 2.42. The molecule has 1 aliphatic heterocycles. The van der Waals surface area contributed by atoms with Crippen LogP contribution in [0.2, 0.25) is 0 Å². The van der Waals surface area contributed by atoms with Crippen molar-refractivity contribution >= 4 is 12.1 Å². The van der Waals surface area contributed by atoms with Crippen LogP contribution in [0.4, 0.5) is 4.79 Å². The lowest BCUT2D eigenvalue weighted by Crippen LogP contribution is -2.31. The molecule has 0 spiro atoms. The molecule has 1 N–H and O–H groups in total. The Bertz CT molecular complexity index is 341. The molecule has 0 aromatic rings. The van der Waals surface area contributed by atoms with Gasteiger partial charge in [0.1, 0.15) is 6.61 Å². The number of likely N-dealkylation sites (tertiary alicyclic amines) is 1. The van der Waals surface area contributed by atoms with Gasteiger partial charge in [-0.2, -0.15) is 0 Å². The van der Waals surface area contributed by atoms with Gasteiger partial charge >= 0.3 is 12.1 Å². The van der Waals surface area contributed by atoms with Crippen molar-refractivity contribution in [3.05, 3.63) is 12.7 Å². The van der Waals surface area contributed by atoms with Gasteiger partial charge in [0, 0.05) is 13.1 Å². The van der Waals surface area contributed by atoms with E-state index >= 15 is 0 Å². The Morgan fingerprint density at radius 1 is 1.41 bits per heavy atom. The molecule has 1 heterocycles. The second-order valence-corrected chi connectivity index (χ2v) is 4.72. The Hall–Kier alpha value is -1.52. The van der Waals surface area contributed by atoms with Crippen molar-refractivity contribution in [3.8, 4) is 0 Å². The SMILES string of the molecule is C=CCOC(=O)N1CC2CCC(C(=O)O)C2C1. The summed E-state index contributed by atoms with van der Waals surface area (Å²) in [5, 5.41) is 9.08. The average molecular weight is 239 g/mol. The zero-order valence-corrected chi connectivity index (χ0v) is 9.67. The van der Waals surface area contributed by atoms with E-state index < -0.39 is 5.97 Å².